The van der Waals surface area contributed by atoms with Gasteiger partial charge in [-0.05, 0) is 23.3 Å². The van der Waals surface area contributed by atoms with Crippen LogP contribution in [0.4, 0.5) is 0 Å². The van der Waals surface area contributed by atoms with Gasteiger partial charge in [0, 0.05) is 49.7 Å². The molecule has 0 bridgehead atoms. The first-order valence-corrected chi connectivity index (χ1v) is 8.10. The molecule has 118 valence electrons. The zero-order chi connectivity index (χ0) is 15.2. The number of aromatic nitrogens is 1. The first kappa shape index (κ1) is 15.7. The summed E-state index contributed by atoms with van der Waals surface area (Å²) >= 11 is 5.24. The molecule has 5 nitrogen and oxygen atoms in total. The van der Waals surface area contributed by atoms with Gasteiger partial charge >= 0.3 is 0 Å². The van der Waals surface area contributed by atoms with Crippen molar-refractivity contribution in [1.82, 2.24) is 14.8 Å². The van der Waals surface area contributed by atoms with E-state index in [0.717, 1.165) is 63.7 Å². The molecule has 2 fully saturated rings. The molecule has 1 aromatic heterocycles. The van der Waals surface area contributed by atoms with Crippen LogP contribution >= 0.6 is 12.2 Å². The van der Waals surface area contributed by atoms with Crippen LogP contribution in [0.15, 0.2) is 24.5 Å². The van der Waals surface area contributed by atoms with E-state index >= 15 is 0 Å². The molecule has 0 amide bonds. The minimum atomic E-state index is 0.120. The highest BCUT2D eigenvalue weighted by molar-refractivity contribution is 7.78. The van der Waals surface area contributed by atoms with Crippen molar-refractivity contribution in [3.8, 4) is 0 Å². The van der Waals surface area contributed by atoms with Crippen molar-refractivity contribution >= 4 is 22.8 Å². The molecule has 0 radical (unpaired) electrons. The second-order valence-electron chi connectivity index (χ2n) is 5.43. The zero-order valence-electron chi connectivity index (χ0n) is 12.6. The Morgan fingerprint density at radius 2 is 1.68 bits per heavy atom. The van der Waals surface area contributed by atoms with Crippen LogP contribution in [0.2, 0.25) is 0 Å². The summed E-state index contributed by atoms with van der Waals surface area (Å²) in [6, 6.07) is 3.99. The third-order valence-corrected chi connectivity index (χ3v) is 4.34. The van der Waals surface area contributed by atoms with Crippen LogP contribution in [0.25, 0.3) is 5.57 Å². The van der Waals surface area contributed by atoms with E-state index in [1.54, 1.807) is 6.20 Å². The van der Waals surface area contributed by atoms with Crippen LogP contribution in [-0.2, 0) is 9.47 Å². The topological polar surface area (TPSA) is 37.8 Å². The molecule has 2 saturated heterocycles. The summed E-state index contributed by atoms with van der Waals surface area (Å²) in [7, 11) is 0. The Morgan fingerprint density at radius 3 is 2.14 bits per heavy atom. The standard InChI is InChI=1S/C16H21N3O2S/c22-13-15(14-2-1-3-17-12-14)16(18-4-8-20-9-5-18)19-6-10-21-11-7-19/h1-3,12,16H,4-11H2. The van der Waals surface area contributed by atoms with E-state index in [4.69, 9.17) is 21.7 Å². The first-order chi connectivity index (χ1) is 10.9. The molecule has 0 aromatic carbocycles. The van der Waals surface area contributed by atoms with Gasteiger partial charge in [0.25, 0.3) is 0 Å². The molecule has 6 heteroatoms. The summed E-state index contributed by atoms with van der Waals surface area (Å²) in [5.74, 6) is 0. The fourth-order valence-corrected chi connectivity index (χ4v) is 3.25. The van der Waals surface area contributed by atoms with Gasteiger partial charge in [0.15, 0.2) is 0 Å². The molecule has 1 aromatic rings. The van der Waals surface area contributed by atoms with E-state index in [2.05, 4.69) is 25.9 Å². The van der Waals surface area contributed by atoms with Gasteiger partial charge in [0.05, 0.1) is 32.6 Å². The van der Waals surface area contributed by atoms with E-state index in [9.17, 15) is 0 Å². The van der Waals surface area contributed by atoms with Crippen molar-refractivity contribution in [3.63, 3.8) is 0 Å². The number of nitrogens with zero attached hydrogens (tertiary/aromatic N) is 3. The summed E-state index contributed by atoms with van der Waals surface area (Å²) in [6.45, 7) is 6.67. The van der Waals surface area contributed by atoms with Crippen molar-refractivity contribution in [2.45, 2.75) is 6.17 Å². The molecule has 0 spiro atoms. The molecule has 0 N–H and O–H groups in total. The van der Waals surface area contributed by atoms with E-state index in [-0.39, 0.29) is 6.17 Å². The van der Waals surface area contributed by atoms with Crippen LogP contribution in [0, 0.1) is 0 Å². The molecule has 0 unspecified atom stereocenters. The maximum atomic E-state index is 5.50. The lowest BCUT2D eigenvalue weighted by molar-refractivity contribution is -0.0453. The maximum absolute atomic E-state index is 5.50. The van der Waals surface area contributed by atoms with Crippen molar-refractivity contribution in [2.24, 2.45) is 0 Å². The largest absolute Gasteiger partial charge is 0.379 e. The minimum Gasteiger partial charge on any atom is -0.379 e. The average molecular weight is 319 g/mol. The van der Waals surface area contributed by atoms with Crippen molar-refractivity contribution in [1.29, 1.82) is 0 Å². The molecule has 0 saturated carbocycles. The van der Waals surface area contributed by atoms with Crippen LogP contribution in [-0.4, -0.2) is 78.6 Å². The van der Waals surface area contributed by atoms with Crippen molar-refractivity contribution < 1.29 is 9.47 Å². The third-order valence-electron chi connectivity index (χ3n) is 4.12. The molecule has 3 heterocycles. The highest BCUT2D eigenvalue weighted by Crippen LogP contribution is 2.24. The SMILES string of the molecule is S=C=C(c1cccnc1)C(N1CCOCC1)N1CCOCC1. The van der Waals surface area contributed by atoms with E-state index < -0.39 is 0 Å². The van der Waals surface area contributed by atoms with E-state index in [0.29, 0.717) is 0 Å². The van der Waals surface area contributed by atoms with Gasteiger partial charge in [-0.25, -0.2) is 0 Å². The number of hydrogen-bond acceptors (Lipinski definition) is 6. The van der Waals surface area contributed by atoms with Gasteiger partial charge in [-0.15, -0.1) is 0 Å². The van der Waals surface area contributed by atoms with Gasteiger partial charge in [0.2, 0.25) is 0 Å². The molecular formula is C16H21N3O2S. The molecule has 0 atom stereocenters. The third kappa shape index (κ3) is 3.60. The number of ether oxygens (including phenoxy) is 2. The van der Waals surface area contributed by atoms with Gasteiger partial charge in [0.1, 0.15) is 0 Å². The number of rotatable bonds is 4. The lowest BCUT2D eigenvalue weighted by Gasteiger charge is -2.43. The first-order valence-electron chi connectivity index (χ1n) is 7.69. The Bertz CT molecular complexity index is 503. The van der Waals surface area contributed by atoms with Crippen molar-refractivity contribution in [3.05, 3.63) is 30.1 Å². The van der Waals surface area contributed by atoms with Gasteiger partial charge < -0.3 is 9.47 Å². The van der Waals surface area contributed by atoms with E-state index in [1.807, 2.05) is 12.3 Å². The average Bonchev–Trinajstić information content (AvgIpc) is 2.62. The number of pyridine rings is 1. The quantitative estimate of drug-likeness (QED) is 0.773. The second-order valence-corrected chi connectivity index (χ2v) is 5.63. The number of hydrogen-bond donors (Lipinski definition) is 0. The molecule has 0 aliphatic carbocycles. The van der Waals surface area contributed by atoms with Crippen LogP contribution < -0.4 is 0 Å². The summed E-state index contributed by atoms with van der Waals surface area (Å²) in [5.41, 5.74) is 2.06. The Hall–Kier alpha value is -1.14. The molecule has 22 heavy (non-hydrogen) atoms. The predicted molar refractivity (Wildman–Crippen MR) is 88.8 cm³/mol. The smallest absolute Gasteiger partial charge is 0.0978 e. The zero-order valence-corrected chi connectivity index (χ0v) is 13.4. The van der Waals surface area contributed by atoms with Gasteiger partial charge in [-0.2, -0.15) is 0 Å². The lowest BCUT2D eigenvalue weighted by Crippen LogP contribution is -2.55. The summed E-state index contributed by atoms with van der Waals surface area (Å²) in [6.07, 6.45) is 3.76. The highest BCUT2D eigenvalue weighted by atomic mass is 32.1. The Morgan fingerprint density at radius 1 is 1.09 bits per heavy atom. The molecule has 2 aliphatic heterocycles. The minimum absolute atomic E-state index is 0.120. The normalized spacial score (nSPS) is 20.8. The predicted octanol–water partition coefficient (Wildman–Crippen LogP) is 1.05. The number of morpholine rings is 2. The number of thiocarbonyl (C=S) groups is 1. The second kappa shape index (κ2) is 7.92. The molecule has 3 rings (SSSR count). The Kier molecular flexibility index (Phi) is 5.67. The van der Waals surface area contributed by atoms with Gasteiger partial charge in [-0.3, -0.25) is 14.8 Å². The molecule has 2 aliphatic rings. The van der Waals surface area contributed by atoms with Crippen LogP contribution in [0.5, 0.6) is 0 Å². The fourth-order valence-electron chi connectivity index (χ4n) is 3.02. The summed E-state index contributed by atoms with van der Waals surface area (Å²) in [4.78, 5) is 9.09. The summed E-state index contributed by atoms with van der Waals surface area (Å²) in [5, 5.41) is 3.01. The fraction of sp³-hybridized carbons (Fsp3) is 0.562. The van der Waals surface area contributed by atoms with E-state index in [1.165, 1.54) is 0 Å². The summed E-state index contributed by atoms with van der Waals surface area (Å²) < 4.78 is 11.0. The van der Waals surface area contributed by atoms with Crippen LogP contribution in [0.3, 0.4) is 0 Å². The monoisotopic (exact) mass is 319 g/mol. The molecular weight excluding hydrogens is 298 g/mol. The lowest BCUT2D eigenvalue weighted by atomic mass is 10.0. The van der Waals surface area contributed by atoms with Gasteiger partial charge in [-0.1, -0.05) is 6.07 Å². The maximum Gasteiger partial charge on any atom is 0.0978 e. The highest BCUT2D eigenvalue weighted by Gasteiger charge is 2.31. The Balaban J connectivity index is 1.90. The van der Waals surface area contributed by atoms with Crippen LogP contribution in [0.1, 0.15) is 5.56 Å². The van der Waals surface area contributed by atoms with Crippen molar-refractivity contribution in [2.75, 3.05) is 52.6 Å². The Labute approximate surface area is 136 Å².